The second-order valence-corrected chi connectivity index (χ2v) is 11.5. The van der Waals surface area contributed by atoms with Gasteiger partial charge in [-0.15, -0.1) is 11.3 Å². The van der Waals surface area contributed by atoms with Crippen LogP contribution in [0.1, 0.15) is 58.4 Å². The van der Waals surface area contributed by atoms with E-state index < -0.39 is 11.4 Å². The van der Waals surface area contributed by atoms with Crippen LogP contribution in [0.2, 0.25) is 0 Å². The molecule has 1 fully saturated rings. The number of H-pyrrole nitrogens is 2. The van der Waals surface area contributed by atoms with Crippen LogP contribution >= 0.6 is 11.3 Å². The number of amides is 1. The van der Waals surface area contributed by atoms with Crippen LogP contribution in [0.3, 0.4) is 0 Å². The van der Waals surface area contributed by atoms with Gasteiger partial charge in [-0.25, -0.2) is 9.49 Å². The van der Waals surface area contributed by atoms with Gasteiger partial charge in [0.1, 0.15) is 11.5 Å². The number of aromatic nitrogens is 4. The standard InChI is InChI=1S/C26H25FN6O2S/c1-26(2)11-15-8-21(36-22(15)12-26)25(35)29-19-7-14(5-6-16(19)27)17-9-20(24(34)33-31-17)28-23-10-18(30-32-23)13-3-4-13/h5-10,13H,3-4,11-12H2,1-2H3,(H,29,35)(H,33,34)(H2,28,30,31,32). The topological polar surface area (TPSA) is 116 Å². The number of nitrogens with one attached hydrogen (secondary N) is 4. The number of carbonyl (C=O) groups excluding carboxylic acids is 1. The molecule has 0 aliphatic heterocycles. The summed E-state index contributed by atoms with van der Waals surface area (Å²) in [5.41, 5.74) is 3.33. The molecular formula is C26H25FN6O2S. The minimum atomic E-state index is -0.552. The van der Waals surface area contributed by atoms with E-state index in [1.165, 1.54) is 33.9 Å². The minimum Gasteiger partial charge on any atom is -0.334 e. The Labute approximate surface area is 210 Å². The van der Waals surface area contributed by atoms with E-state index in [4.69, 9.17) is 0 Å². The summed E-state index contributed by atoms with van der Waals surface area (Å²) >= 11 is 1.47. The maximum Gasteiger partial charge on any atom is 0.287 e. The third-order valence-corrected chi connectivity index (χ3v) is 7.80. The zero-order valence-corrected chi connectivity index (χ0v) is 20.7. The molecule has 8 nitrogen and oxygen atoms in total. The molecule has 0 saturated heterocycles. The molecule has 2 aliphatic carbocycles. The molecule has 1 aromatic carbocycles. The van der Waals surface area contributed by atoms with Crippen LogP contribution in [0.5, 0.6) is 0 Å². The molecule has 0 radical (unpaired) electrons. The average molecular weight is 505 g/mol. The normalized spacial score (nSPS) is 16.1. The predicted octanol–water partition coefficient (Wildman–Crippen LogP) is 5.36. The smallest absolute Gasteiger partial charge is 0.287 e. The lowest BCUT2D eigenvalue weighted by Crippen LogP contribution is -2.14. The fourth-order valence-electron chi connectivity index (χ4n) is 4.64. The summed E-state index contributed by atoms with van der Waals surface area (Å²) in [5, 5.41) is 19.5. The van der Waals surface area contributed by atoms with E-state index >= 15 is 0 Å². The van der Waals surface area contributed by atoms with Crippen LogP contribution in [-0.4, -0.2) is 26.3 Å². The quantitative estimate of drug-likeness (QED) is 0.282. The Hall–Kier alpha value is -3.79. The van der Waals surface area contributed by atoms with Crippen LogP contribution in [0.15, 0.2) is 41.2 Å². The van der Waals surface area contributed by atoms with Crippen molar-refractivity contribution in [2.75, 3.05) is 10.6 Å². The largest absolute Gasteiger partial charge is 0.334 e. The maximum atomic E-state index is 14.6. The monoisotopic (exact) mass is 504 g/mol. The lowest BCUT2D eigenvalue weighted by Gasteiger charge is -2.15. The molecule has 4 aromatic rings. The van der Waals surface area contributed by atoms with Crippen molar-refractivity contribution in [2.24, 2.45) is 5.41 Å². The third kappa shape index (κ3) is 4.44. The Morgan fingerprint density at radius 2 is 1.92 bits per heavy atom. The second-order valence-electron chi connectivity index (χ2n) is 10.3. The summed E-state index contributed by atoms with van der Waals surface area (Å²) in [7, 11) is 0. The first-order valence-electron chi connectivity index (χ1n) is 11.9. The summed E-state index contributed by atoms with van der Waals surface area (Å²) in [5.74, 6) is 0.154. The number of hydrogen-bond donors (Lipinski definition) is 4. The van der Waals surface area contributed by atoms with Crippen LogP contribution < -0.4 is 16.2 Å². The molecule has 0 atom stereocenters. The van der Waals surface area contributed by atoms with Crippen molar-refractivity contribution in [2.45, 2.75) is 45.4 Å². The average Bonchev–Trinajstić information content (AvgIpc) is 3.35. The lowest BCUT2D eigenvalue weighted by atomic mass is 9.91. The molecule has 6 rings (SSSR count). The Bertz CT molecular complexity index is 1520. The van der Waals surface area contributed by atoms with E-state index in [1.54, 1.807) is 12.1 Å². The van der Waals surface area contributed by atoms with Crippen molar-refractivity contribution in [1.29, 1.82) is 0 Å². The third-order valence-electron chi connectivity index (χ3n) is 6.62. The number of halogens is 1. The first-order valence-corrected chi connectivity index (χ1v) is 12.7. The second kappa shape index (κ2) is 8.41. The van der Waals surface area contributed by atoms with E-state index in [-0.39, 0.29) is 22.7 Å². The van der Waals surface area contributed by atoms with Gasteiger partial charge in [0, 0.05) is 28.1 Å². The molecular weight excluding hydrogens is 479 g/mol. The van der Waals surface area contributed by atoms with E-state index in [1.807, 2.05) is 12.1 Å². The molecule has 10 heteroatoms. The molecule has 184 valence electrons. The highest BCUT2D eigenvalue weighted by atomic mass is 32.1. The van der Waals surface area contributed by atoms with E-state index in [0.717, 1.165) is 31.4 Å². The summed E-state index contributed by atoms with van der Waals surface area (Å²) in [6.07, 6.45) is 4.15. The predicted molar refractivity (Wildman–Crippen MR) is 138 cm³/mol. The van der Waals surface area contributed by atoms with E-state index in [9.17, 15) is 14.0 Å². The molecule has 1 saturated carbocycles. The van der Waals surface area contributed by atoms with Gasteiger partial charge in [0.25, 0.3) is 11.5 Å². The molecule has 3 aromatic heterocycles. The summed E-state index contributed by atoms with van der Waals surface area (Å²) < 4.78 is 14.6. The summed E-state index contributed by atoms with van der Waals surface area (Å²) in [4.78, 5) is 27.0. The molecule has 0 spiro atoms. The van der Waals surface area contributed by atoms with Gasteiger partial charge in [0.05, 0.1) is 16.3 Å². The number of benzene rings is 1. The lowest BCUT2D eigenvalue weighted by molar-refractivity contribution is 0.103. The molecule has 1 amide bonds. The first kappa shape index (κ1) is 22.7. The Morgan fingerprint density at radius 1 is 1.08 bits per heavy atom. The number of nitrogens with zero attached hydrogens (tertiary/aromatic N) is 2. The number of thiophene rings is 1. The first-order chi connectivity index (χ1) is 17.2. The number of aromatic amines is 2. The minimum absolute atomic E-state index is 0.0512. The van der Waals surface area contributed by atoms with Gasteiger partial charge in [-0.1, -0.05) is 13.8 Å². The zero-order chi connectivity index (χ0) is 25.0. The highest BCUT2D eigenvalue weighted by molar-refractivity contribution is 7.14. The van der Waals surface area contributed by atoms with Gasteiger partial charge < -0.3 is 10.6 Å². The highest BCUT2D eigenvalue weighted by Gasteiger charge is 2.31. The SMILES string of the molecule is CC1(C)Cc2cc(C(=O)Nc3cc(-c4cc(Nc5cc(C6CC6)[nH]n5)c(=O)[nH]n4)ccc3F)sc2C1. The molecule has 36 heavy (non-hydrogen) atoms. The summed E-state index contributed by atoms with van der Waals surface area (Å²) in [6.45, 7) is 4.43. The van der Waals surface area contributed by atoms with E-state index in [2.05, 4.69) is 44.9 Å². The van der Waals surface area contributed by atoms with Crippen molar-refractivity contribution in [1.82, 2.24) is 20.4 Å². The number of anilines is 3. The number of fused-ring (bicyclic) bond motifs is 1. The van der Waals surface area contributed by atoms with Gasteiger partial charge in [0.2, 0.25) is 0 Å². The van der Waals surface area contributed by atoms with Crippen LogP contribution in [0, 0.1) is 11.2 Å². The van der Waals surface area contributed by atoms with Gasteiger partial charge in [-0.2, -0.15) is 10.2 Å². The highest BCUT2D eigenvalue weighted by Crippen LogP contribution is 2.41. The Kier molecular flexibility index (Phi) is 5.29. The van der Waals surface area contributed by atoms with Crippen LogP contribution in [0.25, 0.3) is 11.3 Å². The Balaban J connectivity index is 1.22. The number of hydrogen-bond acceptors (Lipinski definition) is 6. The van der Waals surface area contributed by atoms with Crippen molar-refractivity contribution in [3.05, 3.63) is 73.6 Å². The van der Waals surface area contributed by atoms with Gasteiger partial charge in [0.15, 0.2) is 5.82 Å². The fraction of sp³-hybridized carbons (Fsp3) is 0.308. The molecule has 2 aliphatic rings. The van der Waals surface area contributed by atoms with Crippen LogP contribution in [-0.2, 0) is 12.8 Å². The molecule has 3 heterocycles. The molecule has 0 bridgehead atoms. The molecule has 0 unspecified atom stereocenters. The van der Waals surface area contributed by atoms with Gasteiger partial charge in [-0.3, -0.25) is 14.7 Å². The van der Waals surface area contributed by atoms with Crippen molar-refractivity contribution < 1.29 is 9.18 Å². The Morgan fingerprint density at radius 3 is 2.69 bits per heavy atom. The van der Waals surface area contributed by atoms with Crippen molar-refractivity contribution in [3.63, 3.8) is 0 Å². The number of rotatable bonds is 6. The fourth-order valence-corrected chi connectivity index (χ4v) is 5.98. The van der Waals surface area contributed by atoms with Crippen LogP contribution in [0.4, 0.5) is 21.6 Å². The van der Waals surface area contributed by atoms with E-state index in [0.29, 0.717) is 27.9 Å². The molecule has 4 N–H and O–H groups in total. The summed E-state index contributed by atoms with van der Waals surface area (Å²) in [6, 6.07) is 9.73. The van der Waals surface area contributed by atoms with Gasteiger partial charge in [-0.05, 0) is 67.0 Å². The number of carbonyl (C=O) groups is 1. The van der Waals surface area contributed by atoms with Crippen molar-refractivity contribution in [3.8, 4) is 11.3 Å². The van der Waals surface area contributed by atoms with Gasteiger partial charge >= 0.3 is 0 Å². The van der Waals surface area contributed by atoms with Crippen molar-refractivity contribution >= 4 is 34.4 Å². The zero-order valence-electron chi connectivity index (χ0n) is 19.9. The maximum absolute atomic E-state index is 14.6.